The van der Waals surface area contributed by atoms with Crippen LogP contribution in [0.3, 0.4) is 0 Å². The summed E-state index contributed by atoms with van der Waals surface area (Å²) in [5.74, 6) is 1.72. The summed E-state index contributed by atoms with van der Waals surface area (Å²) >= 11 is 5.07. The van der Waals surface area contributed by atoms with E-state index in [0.29, 0.717) is 11.4 Å². The molecule has 0 bridgehead atoms. The van der Waals surface area contributed by atoms with E-state index in [1.54, 1.807) is 0 Å². The van der Waals surface area contributed by atoms with Gasteiger partial charge in [-0.15, -0.1) is 0 Å². The molecular formula is C14H17N3OS. The molecule has 1 heterocycles. The van der Waals surface area contributed by atoms with E-state index >= 15 is 0 Å². The predicted octanol–water partition coefficient (Wildman–Crippen LogP) is 2.94. The summed E-state index contributed by atoms with van der Waals surface area (Å²) in [5.41, 5.74) is 2.90. The molecule has 1 N–H and O–H groups in total. The summed E-state index contributed by atoms with van der Waals surface area (Å²) in [5, 5.41) is 6.90. The van der Waals surface area contributed by atoms with Crippen molar-refractivity contribution in [3.63, 3.8) is 0 Å². The highest BCUT2D eigenvalue weighted by Gasteiger charge is 2.10. The van der Waals surface area contributed by atoms with E-state index in [1.807, 2.05) is 17.7 Å². The van der Waals surface area contributed by atoms with Crippen molar-refractivity contribution in [2.75, 3.05) is 0 Å². The molecule has 1 aromatic carbocycles. The first-order valence-corrected chi connectivity index (χ1v) is 7.00. The van der Waals surface area contributed by atoms with E-state index in [4.69, 9.17) is 17.0 Å². The zero-order chi connectivity index (χ0) is 13.2. The smallest absolute Gasteiger partial charge is 0.194 e. The number of aryl methyl sites for hydroxylation is 2. The van der Waals surface area contributed by atoms with Crippen LogP contribution in [0.15, 0.2) is 18.2 Å². The first kappa shape index (κ1) is 12.4. The molecule has 0 saturated heterocycles. The summed E-state index contributed by atoms with van der Waals surface area (Å²) in [6.07, 6.45) is 4.95. The summed E-state index contributed by atoms with van der Waals surface area (Å²) in [6.45, 7) is 0.433. The summed E-state index contributed by atoms with van der Waals surface area (Å²) in [4.78, 5) is 0. The highest BCUT2D eigenvalue weighted by molar-refractivity contribution is 7.71. The number of nitrogens with one attached hydrogen (secondary N) is 1. The Kier molecular flexibility index (Phi) is 3.38. The van der Waals surface area contributed by atoms with Crippen molar-refractivity contribution < 1.29 is 4.74 Å². The van der Waals surface area contributed by atoms with Crippen LogP contribution in [0.1, 0.15) is 29.8 Å². The number of hydrogen-bond acceptors (Lipinski definition) is 3. The van der Waals surface area contributed by atoms with Crippen molar-refractivity contribution >= 4 is 12.2 Å². The third-order valence-electron chi connectivity index (χ3n) is 3.66. The Morgan fingerprint density at radius 3 is 2.84 bits per heavy atom. The van der Waals surface area contributed by atoms with Crippen LogP contribution in [0.5, 0.6) is 5.75 Å². The largest absolute Gasteiger partial charge is 0.486 e. The van der Waals surface area contributed by atoms with Gasteiger partial charge in [0.05, 0.1) is 0 Å². The standard InChI is InChI=1S/C14H17N3OS/c1-17-13(15-16-14(17)19)9-18-12-7-6-10-4-2-3-5-11(10)8-12/h6-8H,2-5,9H2,1H3,(H,16,19). The van der Waals surface area contributed by atoms with Crippen molar-refractivity contribution in [1.82, 2.24) is 14.8 Å². The van der Waals surface area contributed by atoms with Gasteiger partial charge in [0, 0.05) is 7.05 Å². The third kappa shape index (κ3) is 2.56. The quantitative estimate of drug-likeness (QED) is 0.876. The topological polar surface area (TPSA) is 42.8 Å². The zero-order valence-electron chi connectivity index (χ0n) is 11.0. The van der Waals surface area contributed by atoms with Crippen molar-refractivity contribution in [1.29, 1.82) is 0 Å². The third-order valence-corrected chi connectivity index (χ3v) is 4.03. The lowest BCUT2D eigenvalue weighted by molar-refractivity contribution is 0.290. The normalized spacial score (nSPS) is 14.2. The average Bonchev–Trinajstić information content (AvgIpc) is 2.76. The van der Waals surface area contributed by atoms with Crippen LogP contribution < -0.4 is 4.74 Å². The van der Waals surface area contributed by atoms with Crippen molar-refractivity contribution in [3.8, 4) is 5.75 Å². The molecule has 1 aliphatic carbocycles. The van der Waals surface area contributed by atoms with E-state index in [1.165, 1.54) is 36.8 Å². The zero-order valence-corrected chi connectivity index (χ0v) is 11.8. The van der Waals surface area contributed by atoms with Gasteiger partial charge in [-0.3, -0.25) is 5.10 Å². The molecule has 0 saturated carbocycles. The second-order valence-electron chi connectivity index (χ2n) is 4.93. The van der Waals surface area contributed by atoms with Gasteiger partial charge in [0.2, 0.25) is 0 Å². The number of H-pyrrole nitrogens is 1. The number of benzene rings is 1. The summed E-state index contributed by atoms with van der Waals surface area (Å²) < 4.78 is 8.24. The Hall–Kier alpha value is -1.62. The highest BCUT2D eigenvalue weighted by Crippen LogP contribution is 2.25. The van der Waals surface area contributed by atoms with Crippen molar-refractivity contribution in [3.05, 3.63) is 39.9 Å². The molecule has 3 rings (SSSR count). The molecule has 19 heavy (non-hydrogen) atoms. The Labute approximate surface area is 117 Å². The predicted molar refractivity (Wildman–Crippen MR) is 75.8 cm³/mol. The molecule has 4 nitrogen and oxygen atoms in total. The monoisotopic (exact) mass is 275 g/mol. The second kappa shape index (κ2) is 5.17. The Balaban J connectivity index is 1.73. The number of aromatic amines is 1. The maximum absolute atomic E-state index is 5.80. The molecule has 0 spiro atoms. The molecular weight excluding hydrogens is 258 g/mol. The van der Waals surface area contributed by atoms with Crippen LogP contribution in [0.25, 0.3) is 0 Å². The number of nitrogens with zero attached hydrogens (tertiary/aromatic N) is 2. The molecule has 5 heteroatoms. The van der Waals surface area contributed by atoms with Gasteiger partial charge in [-0.05, 0) is 61.2 Å². The van der Waals surface area contributed by atoms with Gasteiger partial charge < -0.3 is 9.30 Å². The van der Waals surface area contributed by atoms with Gasteiger partial charge in [0.1, 0.15) is 12.4 Å². The van der Waals surface area contributed by atoms with Gasteiger partial charge in [-0.2, -0.15) is 5.10 Å². The van der Waals surface area contributed by atoms with Crippen LogP contribution in [0, 0.1) is 4.77 Å². The minimum absolute atomic E-state index is 0.433. The maximum Gasteiger partial charge on any atom is 0.194 e. The first-order chi connectivity index (χ1) is 9.24. The van der Waals surface area contributed by atoms with Crippen LogP contribution in [0.2, 0.25) is 0 Å². The maximum atomic E-state index is 5.80. The Morgan fingerprint density at radius 1 is 1.32 bits per heavy atom. The Bertz CT molecular complexity index is 644. The molecule has 100 valence electrons. The fourth-order valence-corrected chi connectivity index (χ4v) is 2.61. The molecule has 0 aliphatic heterocycles. The lowest BCUT2D eigenvalue weighted by atomic mass is 9.92. The number of aromatic nitrogens is 3. The van der Waals surface area contributed by atoms with Gasteiger partial charge in [0.15, 0.2) is 10.6 Å². The van der Waals surface area contributed by atoms with Crippen LogP contribution in [-0.4, -0.2) is 14.8 Å². The number of fused-ring (bicyclic) bond motifs is 1. The van der Waals surface area contributed by atoms with E-state index in [2.05, 4.69) is 22.3 Å². The lowest BCUT2D eigenvalue weighted by Gasteiger charge is -2.16. The molecule has 1 aliphatic rings. The van der Waals surface area contributed by atoms with E-state index in [9.17, 15) is 0 Å². The highest BCUT2D eigenvalue weighted by atomic mass is 32.1. The van der Waals surface area contributed by atoms with E-state index < -0.39 is 0 Å². The first-order valence-electron chi connectivity index (χ1n) is 6.59. The van der Waals surface area contributed by atoms with Crippen LogP contribution in [-0.2, 0) is 26.5 Å². The van der Waals surface area contributed by atoms with Gasteiger partial charge in [-0.1, -0.05) is 6.07 Å². The van der Waals surface area contributed by atoms with E-state index in [0.717, 1.165) is 11.6 Å². The van der Waals surface area contributed by atoms with Gasteiger partial charge in [0.25, 0.3) is 0 Å². The minimum Gasteiger partial charge on any atom is -0.486 e. The van der Waals surface area contributed by atoms with Gasteiger partial charge in [-0.25, -0.2) is 0 Å². The molecule has 0 amide bonds. The number of hydrogen-bond donors (Lipinski definition) is 1. The molecule has 0 fully saturated rings. The Morgan fingerprint density at radius 2 is 2.11 bits per heavy atom. The van der Waals surface area contributed by atoms with Crippen LogP contribution >= 0.6 is 12.2 Å². The fraction of sp³-hybridized carbons (Fsp3) is 0.429. The average molecular weight is 275 g/mol. The second-order valence-corrected chi connectivity index (χ2v) is 5.32. The van der Waals surface area contributed by atoms with Crippen molar-refractivity contribution in [2.24, 2.45) is 7.05 Å². The fourth-order valence-electron chi connectivity index (χ4n) is 2.46. The molecule has 0 atom stereocenters. The lowest BCUT2D eigenvalue weighted by Crippen LogP contribution is -2.06. The van der Waals surface area contributed by atoms with Gasteiger partial charge >= 0.3 is 0 Å². The number of ether oxygens (including phenoxy) is 1. The van der Waals surface area contributed by atoms with Crippen LogP contribution in [0.4, 0.5) is 0 Å². The number of rotatable bonds is 3. The minimum atomic E-state index is 0.433. The molecule has 0 unspecified atom stereocenters. The van der Waals surface area contributed by atoms with E-state index in [-0.39, 0.29) is 0 Å². The SMILES string of the molecule is Cn1c(COc2ccc3c(c2)CCCC3)n[nH]c1=S. The summed E-state index contributed by atoms with van der Waals surface area (Å²) in [7, 11) is 1.89. The summed E-state index contributed by atoms with van der Waals surface area (Å²) in [6, 6.07) is 6.40. The van der Waals surface area contributed by atoms with Crippen molar-refractivity contribution in [2.45, 2.75) is 32.3 Å². The molecule has 2 aromatic rings. The molecule has 0 radical (unpaired) electrons. The molecule has 1 aromatic heterocycles.